The van der Waals surface area contributed by atoms with Crippen LogP contribution in [-0.2, 0) is 9.53 Å². The molecule has 0 spiro atoms. The zero-order valence-corrected chi connectivity index (χ0v) is 8.67. The number of esters is 1. The highest BCUT2D eigenvalue weighted by atomic mass is 16.6. The van der Waals surface area contributed by atoms with Crippen molar-refractivity contribution in [1.82, 2.24) is 0 Å². The number of carbonyl (C=O) groups excluding carboxylic acids is 1. The SMILES string of the molecule is CC1CCC2C1CC(=O)OC2(C)C. The van der Waals surface area contributed by atoms with Gasteiger partial charge in [0.1, 0.15) is 5.60 Å². The minimum atomic E-state index is -0.218. The molecular weight excluding hydrogens is 164 g/mol. The maximum Gasteiger partial charge on any atom is 0.306 e. The van der Waals surface area contributed by atoms with Crippen LogP contribution in [0.25, 0.3) is 0 Å². The van der Waals surface area contributed by atoms with Crippen molar-refractivity contribution in [1.29, 1.82) is 0 Å². The first-order chi connectivity index (χ1) is 6.00. The third-order valence-electron chi connectivity index (χ3n) is 3.85. The molecule has 13 heavy (non-hydrogen) atoms. The lowest BCUT2D eigenvalue weighted by Crippen LogP contribution is -2.45. The summed E-state index contributed by atoms with van der Waals surface area (Å²) in [4.78, 5) is 11.3. The van der Waals surface area contributed by atoms with Crippen LogP contribution in [0.3, 0.4) is 0 Å². The first kappa shape index (κ1) is 9.04. The maximum absolute atomic E-state index is 11.3. The molecule has 1 saturated carbocycles. The van der Waals surface area contributed by atoms with Gasteiger partial charge in [-0.2, -0.15) is 0 Å². The van der Waals surface area contributed by atoms with E-state index >= 15 is 0 Å². The molecular formula is C11H18O2. The molecule has 74 valence electrons. The fourth-order valence-corrected chi connectivity index (χ4v) is 3.08. The molecule has 0 aromatic rings. The summed E-state index contributed by atoms with van der Waals surface area (Å²) < 4.78 is 5.40. The van der Waals surface area contributed by atoms with Crippen molar-refractivity contribution in [3.05, 3.63) is 0 Å². The number of cyclic esters (lactones) is 1. The van der Waals surface area contributed by atoms with Gasteiger partial charge in [-0.05, 0) is 38.5 Å². The lowest BCUT2D eigenvalue weighted by Gasteiger charge is -2.40. The van der Waals surface area contributed by atoms with E-state index in [1.807, 2.05) is 0 Å². The third kappa shape index (κ3) is 1.36. The summed E-state index contributed by atoms with van der Waals surface area (Å²) in [6.07, 6.45) is 3.14. The van der Waals surface area contributed by atoms with Gasteiger partial charge in [0.2, 0.25) is 0 Å². The summed E-state index contributed by atoms with van der Waals surface area (Å²) in [6.45, 7) is 6.37. The first-order valence-electron chi connectivity index (χ1n) is 5.22. The second-order valence-corrected chi connectivity index (χ2v) is 5.11. The lowest BCUT2D eigenvalue weighted by atomic mass is 9.76. The number of hydrogen-bond acceptors (Lipinski definition) is 2. The van der Waals surface area contributed by atoms with E-state index in [-0.39, 0.29) is 11.6 Å². The molecule has 0 radical (unpaired) electrons. The van der Waals surface area contributed by atoms with Gasteiger partial charge in [0.15, 0.2) is 0 Å². The van der Waals surface area contributed by atoms with Crippen LogP contribution < -0.4 is 0 Å². The van der Waals surface area contributed by atoms with E-state index in [1.165, 1.54) is 12.8 Å². The van der Waals surface area contributed by atoms with Gasteiger partial charge in [-0.3, -0.25) is 4.79 Å². The van der Waals surface area contributed by atoms with Gasteiger partial charge in [-0.25, -0.2) is 0 Å². The summed E-state index contributed by atoms with van der Waals surface area (Å²) in [7, 11) is 0. The predicted octanol–water partition coefficient (Wildman–Crippen LogP) is 2.37. The quantitative estimate of drug-likeness (QED) is 0.538. The van der Waals surface area contributed by atoms with Crippen LogP contribution in [0.1, 0.15) is 40.0 Å². The van der Waals surface area contributed by atoms with Crippen LogP contribution in [0, 0.1) is 17.8 Å². The molecule has 1 aliphatic heterocycles. The van der Waals surface area contributed by atoms with Crippen molar-refractivity contribution >= 4 is 5.97 Å². The van der Waals surface area contributed by atoms with Crippen LogP contribution in [-0.4, -0.2) is 11.6 Å². The molecule has 1 aliphatic carbocycles. The Morgan fingerprint density at radius 3 is 2.77 bits per heavy atom. The minimum absolute atomic E-state index is 0.000000000000000444. The minimum Gasteiger partial charge on any atom is -0.459 e. The van der Waals surface area contributed by atoms with Crippen LogP contribution in [0.4, 0.5) is 0 Å². The van der Waals surface area contributed by atoms with Gasteiger partial charge < -0.3 is 4.74 Å². The van der Waals surface area contributed by atoms with Crippen LogP contribution in [0.5, 0.6) is 0 Å². The van der Waals surface area contributed by atoms with Crippen molar-refractivity contribution < 1.29 is 9.53 Å². The summed E-state index contributed by atoms with van der Waals surface area (Å²) in [6, 6.07) is 0. The highest BCUT2D eigenvalue weighted by Gasteiger charge is 2.48. The molecule has 2 fully saturated rings. The molecule has 1 heterocycles. The second kappa shape index (κ2) is 2.73. The molecule has 2 heteroatoms. The van der Waals surface area contributed by atoms with Gasteiger partial charge >= 0.3 is 5.97 Å². The van der Waals surface area contributed by atoms with Gasteiger partial charge in [-0.1, -0.05) is 6.92 Å². The Morgan fingerprint density at radius 2 is 2.08 bits per heavy atom. The Kier molecular flexibility index (Phi) is 1.90. The molecule has 0 bridgehead atoms. The Balaban J connectivity index is 2.23. The van der Waals surface area contributed by atoms with E-state index in [0.717, 1.165) is 0 Å². The Hall–Kier alpha value is -0.530. The topological polar surface area (TPSA) is 26.3 Å². The molecule has 0 aromatic carbocycles. The number of rotatable bonds is 0. The second-order valence-electron chi connectivity index (χ2n) is 5.11. The van der Waals surface area contributed by atoms with E-state index in [9.17, 15) is 4.79 Å². The standard InChI is InChI=1S/C11H18O2/c1-7-4-5-9-8(7)6-10(12)13-11(9,2)3/h7-9H,4-6H2,1-3H3. The maximum atomic E-state index is 11.3. The van der Waals surface area contributed by atoms with E-state index in [2.05, 4.69) is 20.8 Å². The van der Waals surface area contributed by atoms with Crippen molar-refractivity contribution in [3.8, 4) is 0 Å². The van der Waals surface area contributed by atoms with Crippen LogP contribution in [0.15, 0.2) is 0 Å². The lowest BCUT2D eigenvalue weighted by molar-refractivity contribution is -0.176. The molecule has 0 N–H and O–H groups in total. The predicted molar refractivity (Wildman–Crippen MR) is 50.2 cm³/mol. The average Bonchev–Trinajstić information content (AvgIpc) is 2.31. The highest BCUT2D eigenvalue weighted by Crippen LogP contribution is 2.48. The van der Waals surface area contributed by atoms with Crippen molar-refractivity contribution in [2.24, 2.45) is 17.8 Å². The smallest absolute Gasteiger partial charge is 0.306 e. The van der Waals surface area contributed by atoms with Crippen molar-refractivity contribution in [2.45, 2.75) is 45.6 Å². The number of hydrogen-bond donors (Lipinski definition) is 0. The number of carbonyl (C=O) groups is 1. The van der Waals surface area contributed by atoms with Gasteiger partial charge in [0.05, 0.1) is 0 Å². The zero-order chi connectivity index (χ0) is 9.64. The first-order valence-corrected chi connectivity index (χ1v) is 5.22. The molecule has 0 amide bonds. The largest absolute Gasteiger partial charge is 0.459 e. The molecule has 1 saturated heterocycles. The third-order valence-corrected chi connectivity index (χ3v) is 3.85. The van der Waals surface area contributed by atoms with Gasteiger partial charge in [-0.15, -0.1) is 0 Å². The fourth-order valence-electron chi connectivity index (χ4n) is 3.08. The van der Waals surface area contributed by atoms with Crippen molar-refractivity contribution in [3.63, 3.8) is 0 Å². The molecule has 3 unspecified atom stereocenters. The fraction of sp³-hybridized carbons (Fsp3) is 0.909. The van der Waals surface area contributed by atoms with E-state index < -0.39 is 0 Å². The Labute approximate surface area is 79.7 Å². The Morgan fingerprint density at radius 1 is 1.38 bits per heavy atom. The van der Waals surface area contributed by atoms with E-state index in [0.29, 0.717) is 24.2 Å². The number of ether oxygens (including phenoxy) is 1. The van der Waals surface area contributed by atoms with Crippen LogP contribution >= 0.6 is 0 Å². The highest BCUT2D eigenvalue weighted by molar-refractivity contribution is 5.71. The molecule has 2 rings (SSSR count). The average molecular weight is 182 g/mol. The molecule has 3 atom stereocenters. The Bertz CT molecular complexity index is 232. The van der Waals surface area contributed by atoms with Gasteiger partial charge in [0, 0.05) is 12.3 Å². The molecule has 0 aromatic heterocycles. The van der Waals surface area contributed by atoms with Crippen LogP contribution in [0.2, 0.25) is 0 Å². The summed E-state index contributed by atoms with van der Waals surface area (Å²) in [5, 5.41) is 0. The molecule has 2 nitrogen and oxygen atoms in total. The van der Waals surface area contributed by atoms with Crippen molar-refractivity contribution in [2.75, 3.05) is 0 Å². The van der Waals surface area contributed by atoms with Gasteiger partial charge in [0.25, 0.3) is 0 Å². The molecule has 2 aliphatic rings. The normalized spacial score (nSPS) is 42.7. The van der Waals surface area contributed by atoms with E-state index in [1.54, 1.807) is 0 Å². The summed E-state index contributed by atoms with van der Waals surface area (Å²) in [5.41, 5.74) is -0.218. The van der Waals surface area contributed by atoms with E-state index in [4.69, 9.17) is 4.74 Å². The number of fused-ring (bicyclic) bond motifs is 1. The monoisotopic (exact) mass is 182 g/mol. The summed E-state index contributed by atoms with van der Waals surface area (Å²) >= 11 is 0. The zero-order valence-electron chi connectivity index (χ0n) is 8.67. The summed E-state index contributed by atoms with van der Waals surface area (Å²) in [5.74, 6) is 1.88.